The Morgan fingerprint density at radius 1 is 1.33 bits per heavy atom. The third-order valence-electron chi connectivity index (χ3n) is 2.49. The van der Waals surface area contributed by atoms with Gasteiger partial charge in [0.1, 0.15) is 0 Å². The fourth-order valence-electron chi connectivity index (χ4n) is 1.57. The van der Waals surface area contributed by atoms with Crippen molar-refractivity contribution in [2.75, 3.05) is 6.54 Å². The SMILES string of the molecule is CCNCc1cn(Cc2ccc(Cl)cc2Cl)nn1. The van der Waals surface area contributed by atoms with E-state index in [0.717, 1.165) is 24.3 Å². The molecule has 1 aromatic carbocycles. The van der Waals surface area contributed by atoms with Crippen molar-refractivity contribution >= 4 is 23.2 Å². The third-order valence-corrected chi connectivity index (χ3v) is 3.08. The average Bonchev–Trinajstić information content (AvgIpc) is 2.78. The maximum absolute atomic E-state index is 6.11. The van der Waals surface area contributed by atoms with Gasteiger partial charge in [-0.25, -0.2) is 4.68 Å². The van der Waals surface area contributed by atoms with Crippen LogP contribution in [-0.2, 0) is 13.1 Å². The van der Waals surface area contributed by atoms with Crippen LogP contribution in [0.15, 0.2) is 24.4 Å². The van der Waals surface area contributed by atoms with Crippen molar-refractivity contribution in [3.8, 4) is 0 Å². The molecule has 0 amide bonds. The number of nitrogens with one attached hydrogen (secondary N) is 1. The first-order chi connectivity index (χ1) is 8.69. The maximum atomic E-state index is 6.11. The first kappa shape index (κ1) is 13.3. The van der Waals surface area contributed by atoms with Crippen LogP contribution >= 0.6 is 23.2 Å². The van der Waals surface area contributed by atoms with Gasteiger partial charge in [-0.1, -0.05) is 41.4 Å². The molecule has 0 aliphatic carbocycles. The van der Waals surface area contributed by atoms with Crippen LogP contribution in [0.25, 0.3) is 0 Å². The van der Waals surface area contributed by atoms with Gasteiger partial charge in [0.25, 0.3) is 0 Å². The van der Waals surface area contributed by atoms with Crippen molar-refractivity contribution < 1.29 is 0 Å². The molecule has 0 atom stereocenters. The van der Waals surface area contributed by atoms with E-state index in [1.165, 1.54) is 0 Å². The highest BCUT2D eigenvalue weighted by atomic mass is 35.5. The van der Waals surface area contributed by atoms with Gasteiger partial charge in [0.2, 0.25) is 0 Å². The van der Waals surface area contributed by atoms with Crippen molar-refractivity contribution in [1.29, 1.82) is 0 Å². The lowest BCUT2D eigenvalue weighted by Gasteiger charge is -2.04. The largest absolute Gasteiger partial charge is 0.311 e. The zero-order valence-corrected chi connectivity index (χ0v) is 11.5. The van der Waals surface area contributed by atoms with Crippen LogP contribution in [0.3, 0.4) is 0 Å². The van der Waals surface area contributed by atoms with Crippen LogP contribution < -0.4 is 5.32 Å². The van der Waals surface area contributed by atoms with Gasteiger partial charge in [-0.15, -0.1) is 5.10 Å². The summed E-state index contributed by atoms with van der Waals surface area (Å²) in [4.78, 5) is 0. The number of hydrogen-bond donors (Lipinski definition) is 1. The molecule has 0 unspecified atom stereocenters. The van der Waals surface area contributed by atoms with Crippen LogP contribution in [0.2, 0.25) is 10.0 Å². The van der Waals surface area contributed by atoms with E-state index in [0.29, 0.717) is 16.6 Å². The Hall–Kier alpha value is -1.10. The Labute approximate surface area is 116 Å². The van der Waals surface area contributed by atoms with Gasteiger partial charge < -0.3 is 5.32 Å². The molecule has 1 heterocycles. The predicted octanol–water partition coefficient (Wildman–Crippen LogP) is 2.74. The number of halogens is 2. The van der Waals surface area contributed by atoms with Crippen LogP contribution in [0.1, 0.15) is 18.2 Å². The average molecular weight is 285 g/mol. The molecule has 2 aromatic rings. The Morgan fingerprint density at radius 3 is 2.89 bits per heavy atom. The van der Waals surface area contributed by atoms with Gasteiger partial charge in [-0.2, -0.15) is 0 Å². The summed E-state index contributed by atoms with van der Waals surface area (Å²) in [6.45, 7) is 4.29. The van der Waals surface area contributed by atoms with Crippen LogP contribution in [0.5, 0.6) is 0 Å². The molecular formula is C12H14Cl2N4. The number of nitrogens with zero attached hydrogens (tertiary/aromatic N) is 3. The molecule has 96 valence electrons. The quantitative estimate of drug-likeness (QED) is 0.918. The molecule has 4 nitrogen and oxygen atoms in total. The predicted molar refractivity (Wildman–Crippen MR) is 73.0 cm³/mol. The van der Waals surface area contributed by atoms with E-state index < -0.39 is 0 Å². The van der Waals surface area contributed by atoms with Crippen LogP contribution in [-0.4, -0.2) is 21.5 Å². The normalized spacial score (nSPS) is 10.8. The smallest absolute Gasteiger partial charge is 0.0964 e. The lowest BCUT2D eigenvalue weighted by atomic mass is 10.2. The molecule has 6 heteroatoms. The second-order valence-corrected chi connectivity index (χ2v) is 4.77. The highest BCUT2D eigenvalue weighted by molar-refractivity contribution is 6.35. The van der Waals surface area contributed by atoms with Crippen LogP contribution in [0, 0.1) is 0 Å². The van der Waals surface area contributed by atoms with E-state index in [-0.39, 0.29) is 0 Å². The van der Waals surface area contributed by atoms with Crippen molar-refractivity contribution in [1.82, 2.24) is 20.3 Å². The minimum absolute atomic E-state index is 0.592. The van der Waals surface area contributed by atoms with Crippen molar-refractivity contribution in [3.63, 3.8) is 0 Å². The standard InChI is InChI=1S/C12H14Cl2N4/c1-2-15-6-11-8-18(17-16-11)7-9-3-4-10(13)5-12(9)14/h3-5,8,15H,2,6-7H2,1H3. The Balaban J connectivity index is 2.06. The van der Waals surface area contributed by atoms with Crippen LogP contribution in [0.4, 0.5) is 0 Å². The maximum Gasteiger partial charge on any atom is 0.0964 e. The molecule has 0 bridgehead atoms. The summed E-state index contributed by atoms with van der Waals surface area (Å²) in [6, 6.07) is 5.45. The molecule has 1 aromatic heterocycles. The first-order valence-electron chi connectivity index (χ1n) is 5.72. The van der Waals surface area contributed by atoms with Crippen molar-refractivity contribution in [2.45, 2.75) is 20.0 Å². The Bertz CT molecular complexity index is 525. The van der Waals surface area contributed by atoms with Gasteiger partial charge >= 0.3 is 0 Å². The van der Waals surface area contributed by atoms with E-state index in [9.17, 15) is 0 Å². The molecule has 0 aliphatic rings. The van der Waals surface area contributed by atoms with E-state index in [4.69, 9.17) is 23.2 Å². The fraction of sp³-hybridized carbons (Fsp3) is 0.333. The molecule has 0 aliphatic heterocycles. The zero-order valence-electron chi connectivity index (χ0n) is 10.0. The lowest BCUT2D eigenvalue weighted by Crippen LogP contribution is -2.11. The summed E-state index contributed by atoms with van der Waals surface area (Å²) in [7, 11) is 0. The van der Waals surface area contributed by atoms with Gasteiger partial charge in [0, 0.05) is 16.6 Å². The lowest BCUT2D eigenvalue weighted by molar-refractivity contribution is 0.648. The monoisotopic (exact) mass is 284 g/mol. The summed E-state index contributed by atoms with van der Waals surface area (Å²) >= 11 is 12.0. The van der Waals surface area contributed by atoms with Crippen molar-refractivity contribution in [3.05, 3.63) is 45.7 Å². The molecule has 0 saturated heterocycles. The number of aromatic nitrogens is 3. The third kappa shape index (κ3) is 3.45. The highest BCUT2D eigenvalue weighted by Gasteiger charge is 2.05. The highest BCUT2D eigenvalue weighted by Crippen LogP contribution is 2.21. The molecule has 2 rings (SSSR count). The molecule has 0 spiro atoms. The zero-order chi connectivity index (χ0) is 13.0. The summed E-state index contributed by atoms with van der Waals surface area (Å²) < 4.78 is 1.77. The van der Waals surface area contributed by atoms with Gasteiger partial charge in [-0.3, -0.25) is 0 Å². The van der Waals surface area contributed by atoms with E-state index in [1.54, 1.807) is 10.7 Å². The summed E-state index contributed by atoms with van der Waals surface area (Å²) in [6.07, 6.45) is 1.91. The molecule has 0 saturated carbocycles. The molecule has 1 N–H and O–H groups in total. The second kappa shape index (κ2) is 6.18. The number of rotatable bonds is 5. The summed E-state index contributed by atoms with van der Waals surface area (Å²) in [5.41, 5.74) is 1.89. The minimum Gasteiger partial charge on any atom is -0.311 e. The Morgan fingerprint density at radius 2 is 2.17 bits per heavy atom. The van der Waals surface area contributed by atoms with Crippen molar-refractivity contribution in [2.24, 2.45) is 0 Å². The second-order valence-electron chi connectivity index (χ2n) is 3.92. The Kier molecular flexibility index (Phi) is 4.58. The summed E-state index contributed by atoms with van der Waals surface area (Å²) in [5, 5.41) is 12.6. The number of hydrogen-bond acceptors (Lipinski definition) is 3. The van der Waals surface area contributed by atoms with Gasteiger partial charge in [0.15, 0.2) is 0 Å². The number of benzene rings is 1. The van der Waals surface area contributed by atoms with E-state index >= 15 is 0 Å². The molecule has 0 fully saturated rings. The molecular weight excluding hydrogens is 271 g/mol. The van der Waals surface area contributed by atoms with Gasteiger partial charge in [0.05, 0.1) is 18.4 Å². The molecule has 0 radical (unpaired) electrons. The first-order valence-corrected chi connectivity index (χ1v) is 6.48. The topological polar surface area (TPSA) is 42.7 Å². The fourth-order valence-corrected chi connectivity index (χ4v) is 2.04. The minimum atomic E-state index is 0.592. The summed E-state index contributed by atoms with van der Waals surface area (Å²) in [5.74, 6) is 0. The van der Waals surface area contributed by atoms with E-state index in [1.807, 2.05) is 18.3 Å². The van der Waals surface area contributed by atoms with Gasteiger partial charge in [-0.05, 0) is 24.2 Å². The molecule has 18 heavy (non-hydrogen) atoms. The van der Waals surface area contributed by atoms with E-state index in [2.05, 4.69) is 22.6 Å².